The molecular weight excluding hydrogens is 667 g/mol. The average Bonchev–Trinajstić information content (AvgIpc) is 3.05. The predicted molar refractivity (Wildman–Crippen MR) is 224 cm³/mol. The predicted octanol–water partition coefficient (Wildman–Crippen LogP) is 4.31. The molecule has 3 rings (SSSR count). The highest BCUT2D eigenvalue weighted by molar-refractivity contribution is 6.03. The largest absolute Gasteiger partial charge is 0.370 e. The lowest BCUT2D eigenvalue weighted by molar-refractivity contribution is 0.506. The molecule has 0 aliphatic rings. The van der Waals surface area contributed by atoms with Crippen molar-refractivity contribution in [1.29, 1.82) is 10.8 Å². The van der Waals surface area contributed by atoms with E-state index in [0.29, 0.717) is 0 Å². The third kappa shape index (κ3) is 13.5. The van der Waals surface area contributed by atoms with Gasteiger partial charge >= 0.3 is 0 Å². The number of aliphatic imine (C=N–C) groups is 4. The maximum Gasteiger partial charge on any atom is 0.225 e. The molecule has 286 valence electrons. The van der Waals surface area contributed by atoms with Crippen LogP contribution in [0.5, 0.6) is 0 Å². The van der Waals surface area contributed by atoms with Crippen LogP contribution in [0.15, 0.2) is 86.7 Å². The summed E-state index contributed by atoms with van der Waals surface area (Å²) < 4.78 is 0. The van der Waals surface area contributed by atoms with E-state index in [1.165, 1.54) is 11.1 Å². The van der Waals surface area contributed by atoms with Gasteiger partial charge in [0.2, 0.25) is 17.9 Å². The number of aryl methyl sites for hydroxylation is 2. The molecule has 0 fully saturated rings. The fourth-order valence-electron chi connectivity index (χ4n) is 5.18. The summed E-state index contributed by atoms with van der Waals surface area (Å²) in [6.45, 7) is 17.7. The molecule has 0 saturated carbocycles. The first kappa shape index (κ1) is 43.0. The highest BCUT2D eigenvalue weighted by Gasteiger charge is 2.22. The van der Waals surface area contributed by atoms with Crippen LogP contribution in [-0.2, 0) is 10.8 Å². The molecule has 0 saturated heterocycles. The van der Waals surface area contributed by atoms with Crippen LogP contribution in [0.4, 0.5) is 17.1 Å². The van der Waals surface area contributed by atoms with Gasteiger partial charge in [0.1, 0.15) is 0 Å². The Morgan fingerprint density at radius 1 is 0.566 bits per heavy atom. The van der Waals surface area contributed by atoms with Gasteiger partial charge in [0.25, 0.3) is 0 Å². The van der Waals surface area contributed by atoms with Crippen molar-refractivity contribution in [2.24, 2.45) is 60.1 Å². The summed E-state index contributed by atoms with van der Waals surface area (Å²) in [4.78, 5) is 19.0. The first-order valence-electron chi connectivity index (χ1n) is 17.3. The highest BCUT2D eigenvalue weighted by atomic mass is 15.3. The number of rotatable bonds is 10. The fraction of sp³-hybridized carbons (Fsp3) is 0.368. The fourth-order valence-corrected chi connectivity index (χ4v) is 5.18. The Labute approximate surface area is 314 Å². The van der Waals surface area contributed by atoms with Gasteiger partial charge in [-0.15, -0.1) is 0 Å². The van der Waals surface area contributed by atoms with Crippen molar-refractivity contribution in [3.05, 3.63) is 89.0 Å². The lowest BCUT2D eigenvalue weighted by Crippen LogP contribution is -2.42. The van der Waals surface area contributed by atoms with E-state index in [0.717, 1.165) is 41.0 Å². The van der Waals surface area contributed by atoms with Gasteiger partial charge in [0, 0.05) is 24.5 Å². The summed E-state index contributed by atoms with van der Waals surface area (Å²) in [5.74, 6) is -0.673. The van der Waals surface area contributed by atoms with E-state index in [-0.39, 0.29) is 59.7 Å². The van der Waals surface area contributed by atoms with E-state index in [4.69, 9.17) is 51.0 Å². The average molecular weight is 726 g/mol. The van der Waals surface area contributed by atoms with Crippen molar-refractivity contribution in [2.45, 2.75) is 79.1 Å². The Bertz CT molecular complexity index is 1690. The van der Waals surface area contributed by atoms with Gasteiger partial charge < -0.3 is 49.9 Å². The highest BCUT2D eigenvalue weighted by Crippen LogP contribution is 2.30. The van der Waals surface area contributed by atoms with Crippen LogP contribution in [0.3, 0.4) is 0 Å². The number of hydrogen-bond donors (Lipinski definition) is 9. The molecule has 3 aromatic carbocycles. The number of anilines is 2. The first-order valence-corrected chi connectivity index (χ1v) is 17.3. The zero-order valence-corrected chi connectivity index (χ0v) is 32.4. The smallest absolute Gasteiger partial charge is 0.225 e. The molecule has 0 heterocycles. The SMILES string of the molecule is CCC(C)(C)c1ccc(N(CCN(C(=N)N=C(N)N)c2ccc(C(C)(C)CC)cc2)C(=N)N=C(N)N)cc1.Cc1cc(C)cc(N=C(N)N=C(N)N)c1. The molecule has 0 atom stereocenters. The number of nitrogens with zero attached hydrogens (tertiary/aromatic N) is 6. The second-order valence-corrected chi connectivity index (χ2v) is 13.9. The lowest BCUT2D eigenvalue weighted by Gasteiger charge is -2.30. The quantitative estimate of drug-likeness (QED) is 0.106. The minimum atomic E-state index is -0.206. The van der Waals surface area contributed by atoms with E-state index in [2.05, 4.69) is 91.8 Å². The van der Waals surface area contributed by atoms with Crippen LogP contribution < -0.4 is 49.9 Å². The summed E-state index contributed by atoms with van der Waals surface area (Å²) in [6.07, 6.45) is 1.99. The van der Waals surface area contributed by atoms with Crippen molar-refractivity contribution < 1.29 is 0 Å². The maximum absolute atomic E-state index is 8.55. The Kier molecular flexibility index (Phi) is 15.4. The molecule has 0 radical (unpaired) electrons. The molecule has 0 unspecified atom stereocenters. The van der Waals surface area contributed by atoms with Crippen molar-refractivity contribution in [3.8, 4) is 0 Å². The van der Waals surface area contributed by atoms with Gasteiger partial charge in [0.05, 0.1) is 5.69 Å². The van der Waals surface area contributed by atoms with Crippen LogP contribution in [0.1, 0.15) is 76.6 Å². The van der Waals surface area contributed by atoms with Gasteiger partial charge in [-0.2, -0.15) is 15.0 Å². The number of hydrogen-bond acceptors (Lipinski definition) is 3. The normalized spacial score (nSPS) is 11.4. The molecule has 0 bridgehead atoms. The molecule has 53 heavy (non-hydrogen) atoms. The number of benzene rings is 3. The van der Waals surface area contributed by atoms with Gasteiger partial charge in [-0.25, -0.2) is 4.99 Å². The third-order valence-electron chi connectivity index (χ3n) is 8.91. The van der Waals surface area contributed by atoms with Gasteiger partial charge in [-0.3, -0.25) is 10.8 Å². The molecule has 0 aliphatic heterocycles. The van der Waals surface area contributed by atoms with Crippen molar-refractivity contribution in [3.63, 3.8) is 0 Å². The van der Waals surface area contributed by atoms with Crippen molar-refractivity contribution in [1.82, 2.24) is 0 Å². The maximum atomic E-state index is 8.55. The van der Waals surface area contributed by atoms with Crippen LogP contribution in [0.2, 0.25) is 0 Å². The molecule has 15 nitrogen and oxygen atoms in total. The summed E-state index contributed by atoms with van der Waals surface area (Å²) in [7, 11) is 0. The minimum Gasteiger partial charge on any atom is -0.370 e. The zero-order chi connectivity index (χ0) is 40.1. The minimum absolute atomic E-state index is 0.0290. The molecule has 0 aliphatic carbocycles. The van der Waals surface area contributed by atoms with Gasteiger partial charge in [0.15, 0.2) is 17.9 Å². The Hall–Kier alpha value is -6.12. The summed E-state index contributed by atoms with van der Waals surface area (Å²) in [5, 5.41) is 17.1. The first-order chi connectivity index (χ1) is 24.7. The molecule has 0 aromatic heterocycles. The molecule has 0 amide bonds. The third-order valence-corrected chi connectivity index (χ3v) is 8.91. The molecule has 15 heteroatoms. The van der Waals surface area contributed by atoms with Crippen molar-refractivity contribution >= 4 is 52.8 Å². The molecule has 0 spiro atoms. The summed E-state index contributed by atoms with van der Waals surface area (Å²) in [5.41, 5.74) is 45.2. The Morgan fingerprint density at radius 3 is 1.21 bits per heavy atom. The number of nitrogens with one attached hydrogen (secondary N) is 2. The van der Waals surface area contributed by atoms with Crippen LogP contribution in [0, 0.1) is 24.7 Å². The monoisotopic (exact) mass is 726 g/mol. The second kappa shape index (κ2) is 18.9. The summed E-state index contributed by atoms with van der Waals surface area (Å²) in [6, 6.07) is 21.9. The molecule has 16 N–H and O–H groups in total. The van der Waals surface area contributed by atoms with E-state index >= 15 is 0 Å². The molecule has 3 aromatic rings. The number of nitrogens with two attached hydrogens (primary N) is 7. The van der Waals surface area contributed by atoms with Crippen LogP contribution >= 0.6 is 0 Å². The van der Waals surface area contributed by atoms with E-state index in [9.17, 15) is 0 Å². The topological polar surface area (TPSA) is 286 Å². The Balaban J connectivity index is 0.000000539. The zero-order valence-electron chi connectivity index (χ0n) is 32.4. The van der Waals surface area contributed by atoms with E-state index in [1.54, 1.807) is 9.80 Å². The standard InChI is InChI=1S/C28H44N10.C10H15N5/c1-7-27(3,4)19-9-13-21(14-10-19)37(25(33)35-23(29)30)17-18-38(26(34)36-24(31)32)22-15-11-20(12-16-22)28(5,6)8-2;1-6-3-7(2)5-8(4-6)14-10(13)15-9(11)12/h9-16H,7-8,17-18H2,1-6H3,(H5,29,30,33,35)(H5,31,32,34,36);3-5H,1-2H3,(H6,11,12,13,14,15). The van der Waals surface area contributed by atoms with Gasteiger partial charge in [-0.05, 0) is 96.2 Å². The van der Waals surface area contributed by atoms with E-state index in [1.807, 2.05) is 50.2 Å². The van der Waals surface area contributed by atoms with Crippen molar-refractivity contribution in [2.75, 3.05) is 22.9 Å². The van der Waals surface area contributed by atoms with Gasteiger partial charge in [-0.1, -0.05) is 71.9 Å². The second-order valence-electron chi connectivity index (χ2n) is 13.9. The summed E-state index contributed by atoms with van der Waals surface area (Å²) >= 11 is 0. The Morgan fingerprint density at radius 2 is 0.906 bits per heavy atom. The van der Waals surface area contributed by atoms with Crippen LogP contribution in [0.25, 0.3) is 0 Å². The van der Waals surface area contributed by atoms with Crippen LogP contribution in [-0.4, -0.2) is 48.8 Å². The number of guanidine groups is 6. The lowest BCUT2D eigenvalue weighted by atomic mass is 9.82. The van der Waals surface area contributed by atoms with E-state index < -0.39 is 0 Å². The molecular formula is C38H59N15.